The second-order valence-corrected chi connectivity index (χ2v) is 12.5. The van der Waals surface area contributed by atoms with Crippen LogP contribution < -0.4 is 14.9 Å². The number of carbonyl (C=O) groups excluding carboxylic acids is 2. The van der Waals surface area contributed by atoms with Gasteiger partial charge in [0, 0.05) is 11.1 Å². The van der Waals surface area contributed by atoms with Crippen LogP contribution >= 0.6 is 24.0 Å². The first-order chi connectivity index (χ1) is 17.9. The number of rotatable bonds is 6. The lowest BCUT2D eigenvalue weighted by atomic mass is 9.48. The van der Waals surface area contributed by atoms with Crippen molar-refractivity contribution >= 4 is 46.2 Å². The second kappa shape index (κ2) is 9.48. The fourth-order valence-corrected chi connectivity index (χ4v) is 8.43. The molecule has 0 spiro atoms. The number of carbonyl (C=O) groups is 2. The van der Waals surface area contributed by atoms with Crippen molar-refractivity contribution in [2.45, 2.75) is 43.9 Å². The molecule has 4 aliphatic carbocycles. The smallest absolute Gasteiger partial charge is 0.285 e. The molecule has 2 aromatic rings. The number of hydrazine groups is 1. The summed E-state index contributed by atoms with van der Waals surface area (Å²) in [6.45, 7) is 0. The van der Waals surface area contributed by atoms with Crippen LogP contribution in [0.5, 0.6) is 11.5 Å². The molecule has 0 unspecified atom stereocenters. The van der Waals surface area contributed by atoms with E-state index in [1.165, 1.54) is 55.9 Å². The van der Waals surface area contributed by atoms with E-state index in [2.05, 4.69) is 17.6 Å². The van der Waals surface area contributed by atoms with Gasteiger partial charge in [0.15, 0.2) is 4.32 Å². The van der Waals surface area contributed by atoms with Crippen LogP contribution in [0.4, 0.5) is 0 Å². The number of benzene rings is 2. The van der Waals surface area contributed by atoms with E-state index in [9.17, 15) is 9.59 Å². The lowest BCUT2D eigenvalue weighted by Gasteiger charge is -2.57. The number of ether oxygens (including phenoxy) is 2. The van der Waals surface area contributed by atoms with E-state index in [0.717, 1.165) is 34.1 Å². The Bertz CT molecular complexity index is 1270. The molecule has 0 radical (unpaired) electrons. The molecule has 8 heteroatoms. The lowest BCUT2D eigenvalue weighted by molar-refractivity contribution is -0.123. The number of hydrogen-bond acceptors (Lipinski definition) is 6. The quantitative estimate of drug-likeness (QED) is 0.378. The van der Waals surface area contributed by atoms with Gasteiger partial charge in [0.2, 0.25) is 0 Å². The van der Waals surface area contributed by atoms with Crippen molar-refractivity contribution in [1.82, 2.24) is 10.4 Å². The standard InChI is InChI=1S/C29H30N2O4S2/c1-34-23-6-3-20(4-7-23)26(32)30-31-27(33)25(37-28(31)36)13-21-12-22(5-8-24(21)35-2)29-14-17-9-18(15-29)11-19(10-17)16-29/h3-8,12-13,17-19H,9-11,14-16H2,1-2H3,(H,30,32)/b25-13+. The minimum Gasteiger partial charge on any atom is -0.497 e. The van der Waals surface area contributed by atoms with Crippen molar-refractivity contribution in [2.24, 2.45) is 17.8 Å². The van der Waals surface area contributed by atoms with E-state index in [-0.39, 0.29) is 15.6 Å². The van der Waals surface area contributed by atoms with Gasteiger partial charge in [0.25, 0.3) is 11.8 Å². The highest BCUT2D eigenvalue weighted by atomic mass is 32.2. The average molecular weight is 535 g/mol. The van der Waals surface area contributed by atoms with Crippen LogP contribution in [-0.2, 0) is 10.2 Å². The molecular formula is C29H30N2O4S2. The number of thiocarbonyl (C=S) groups is 1. The van der Waals surface area contributed by atoms with Gasteiger partial charge in [-0.2, -0.15) is 5.01 Å². The molecule has 0 atom stereocenters. The predicted octanol–water partition coefficient (Wildman–Crippen LogP) is 5.72. The highest BCUT2D eigenvalue weighted by molar-refractivity contribution is 8.26. The van der Waals surface area contributed by atoms with Crippen LogP contribution in [-0.4, -0.2) is 35.4 Å². The Balaban J connectivity index is 1.25. The summed E-state index contributed by atoms with van der Waals surface area (Å²) >= 11 is 6.63. The van der Waals surface area contributed by atoms with Crippen LogP contribution in [0.3, 0.4) is 0 Å². The SMILES string of the molecule is COc1ccc(C(=O)NN2C(=O)/C(=C\c3cc(C45CC6CC(CC(C6)C4)C5)ccc3OC)SC2=S)cc1. The molecule has 4 bridgehead atoms. The first kappa shape index (κ1) is 24.5. The summed E-state index contributed by atoms with van der Waals surface area (Å²) in [5.74, 6) is 3.16. The molecule has 0 aromatic heterocycles. The summed E-state index contributed by atoms with van der Waals surface area (Å²) < 4.78 is 11.1. The van der Waals surface area contributed by atoms with Gasteiger partial charge in [0.1, 0.15) is 11.5 Å². The van der Waals surface area contributed by atoms with Gasteiger partial charge in [-0.1, -0.05) is 17.8 Å². The molecule has 2 aromatic carbocycles. The van der Waals surface area contributed by atoms with Gasteiger partial charge < -0.3 is 9.47 Å². The Morgan fingerprint density at radius 3 is 2.27 bits per heavy atom. The number of nitrogens with zero attached hydrogens (tertiary/aromatic N) is 1. The highest BCUT2D eigenvalue weighted by Gasteiger charge is 2.51. The Labute approximate surface area is 226 Å². The van der Waals surface area contributed by atoms with Crippen molar-refractivity contribution in [1.29, 1.82) is 0 Å². The molecule has 1 N–H and O–H groups in total. The van der Waals surface area contributed by atoms with Gasteiger partial charge in [-0.3, -0.25) is 15.0 Å². The van der Waals surface area contributed by atoms with Gasteiger partial charge in [-0.05, 0) is 122 Å². The molecule has 192 valence electrons. The molecule has 5 aliphatic rings. The molecule has 4 saturated carbocycles. The maximum absolute atomic E-state index is 13.3. The fraction of sp³-hybridized carbons (Fsp3) is 0.414. The zero-order chi connectivity index (χ0) is 25.7. The van der Waals surface area contributed by atoms with Crippen LogP contribution in [0.25, 0.3) is 6.08 Å². The van der Waals surface area contributed by atoms with E-state index in [4.69, 9.17) is 21.7 Å². The molecule has 6 nitrogen and oxygen atoms in total. The summed E-state index contributed by atoms with van der Waals surface area (Å²) in [6, 6.07) is 13.2. The van der Waals surface area contributed by atoms with Crippen LogP contribution in [0.1, 0.15) is 60.0 Å². The summed E-state index contributed by atoms with van der Waals surface area (Å²) in [5.41, 5.74) is 5.53. The summed E-state index contributed by atoms with van der Waals surface area (Å²) in [6.07, 6.45) is 9.84. The van der Waals surface area contributed by atoms with Gasteiger partial charge >= 0.3 is 0 Å². The lowest BCUT2D eigenvalue weighted by Crippen LogP contribution is -2.48. The normalized spacial score (nSPS) is 29.2. The van der Waals surface area contributed by atoms with E-state index in [0.29, 0.717) is 16.2 Å². The van der Waals surface area contributed by atoms with E-state index in [1.54, 1.807) is 38.5 Å². The molecular weight excluding hydrogens is 504 g/mol. The van der Waals surface area contributed by atoms with Crippen LogP contribution in [0.2, 0.25) is 0 Å². The molecule has 1 aliphatic heterocycles. The van der Waals surface area contributed by atoms with Crippen LogP contribution in [0.15, 0.2) is 47.4 Å². The maximum Gasteiger partial charge on any atom is 0.285 e. The van der Waals surface area contributed by atoms with Gasteiger partial charge in [-0.15, -0.1) is 0 Å². The number of hydrogen-bond donors (Lipinski definition) is 1. The summed E-state index contributed by atoms with van der Waals surface area (Å²) in [7, 11) is 3.21. The molecule has 7 rings (SSSR count). The summed E-state index contributed by atoms with van der Waals surface area (Å²) in [5, 5.41) is 1.15. The number of methoxy groups -OCH3 is 2. The highest BCUT2D eigenvalue weighted by Crippen LogP contribution is 2.61. The zero-order valence-corrected chi connectivity index (χ0v) is 22.6. The third kappa shape index (κ3) is 4.44. The van der Waals surface area contributed by atoms with Gasteiger partial charge in [-0.25, -0.2) is 0 Å². The fourth-order valence-electron chi connectivity index (χ4n) is 7.26. The second-order valence-electron chi connectivity index (χ2n) is 10.8. The topological polar surface area (TPSA) is 67.9 Å². The Morgan fingerprint density at radius 2 is 1.68 bits per heavy atom. The molecule has 37 heavy (non-hydrogen) atoms. The van der Waals surface area contributed by atoms with E-state index in [1.807, 2.05) is 12.1 Å². The Morgan fingerprint density at radius 1 is 1.03 bits per heavy atom. The zero-order valence-electron chi connectivity index (χ0n) is 21.0. The number of thioether (sulfide) groups is 1. The third-order valence-corrected chi connectivity index (χ3v) is 9.83. The first-order valence-electron chi connectivity index (χ1n) is 12.8. The van der Waals surface area contributed by atoms with Crippen molar-refractivity contribution < 1.29 is 19.1 Å². The Hall–Kier alpha value is -2.84. The molecule has 5 fully saturated rings. The minimum atomic E-state index is -0.415. The maximum atomic E-state index is 13.3. The van der Waals surface area contributed by atoms with Crippen LogP contribution in [0, 0.1) is 17.8 Å². The average Bonchev–Trinajstić information content (AvgIpc) is 3.15. The summed E-state index contributed by atoms with van der Waals surface area (Å²) in [4.78, 5) is 26.5. The monoisotopic (exact) mass is 534 g/mol. The van der Waals surface area contributed by atoms with Crippen molar-refractivity contribution in [3.8, 4) is 11.5 Å². The molecule has 1 heterocycles. The van der Waals surface area contributed by atoms with E-state index >= 15 is 0 Å². The first-order valence-corrected chi connectivity index (χ1v) is 14.0. The number of nitrogens with one attached hydrogen (secondary N) is 1. The van der Waals surface area contributed by atoms with Crippen molar-refractivity contribution in [2.75, 3.05) is 14.2 Å². The predicted molar refractivity (Wildman–Crippen MR) is 148 cm³/mol. The molecule has 2 amide bonds. The third-order valence-electron chi connectivity index (χ3n) is 8.53. The van der Waals surface area contributed by atoms with E-state index < -0.39 is 5.91 Å². The Kier molecular flexibility index (Phi) is 6.27. The number of amides is 2. The largest absolute Gasteiger partial charge is 0.497 e. The van der Waals surface area contributed by atoms with Crippen molar-refractivity contribution in [3.05, 3.63) is 64.1 Å². The molecule has 1 saturated heterocycles. The van der Waals surface area contributed by atoms with Gasteiger partial charge in [0.05, 0.1) is 19.1 Å². The minimum absolute atomic E-state index is 0.245. The van der Waals surface area contributed by atoms with Crippen molar-refractivity contribution in [3.63, 3.8) is 0 Å².